The summed E-state index contributed by atoms with van der Waals surface area (Å²) in [5.41, 5.74) is 0.934. The quantitative estimate of drug-likeness (QED) is 0.823. The smallest absolute Gasteiger partial charge is 0.149 e. The molecule has 0 bridgehead atoms. The van der Waals surface area contributed by atoms with E-state index >= 15 is 0 Å². The largest absolute Gasteiger partial charge is 0.481 e. The van der Waals surface area contributed by atoms with E-state index in [1.807, 2.05) is 31.2 Å². The fourth-order valence-corrected chi connectivity index (χ4v) is 1.44. The zero-order chi connectivity index (χ0) is 13.6. The maximum Gasteiger partial charge on any atom is 0.149 e. The molecule has 0 fully saturated rings. The van der Waals surface area contributed by atoms with Crippen molar-refractivity contribution in [3.63, 3.8) is 0 Å². The molecule has 0 amide bonds. The van der Waals surface area contributed by atoms with E-state index in [2.05, 4.69) is 32.6 Å². The van der Waals surface area contributed by atoms with Gasteiger partial charge in [0.05, 0.1) is 6.10 Å². The van der Waals surface area contributed by atoms with Crippen molar-refractivity contribution in [1.82, 2.24) is 0 Å². The van der Waals surface area contributed by atoms with Crippen LogP contribution < -0.4 is 4.74 Å². The van der Waals surface area contributed by atoms with Gasteiger partial charge in [0.15, 0.2) is 0 Å². The van der Waals surface area contributed by atoms with Crippen molar-refractivity contribution in [3.8, 4) is 17.6 Å². The number of aliphatic hydroxyl groups excluding tert-OH is 1. The number of aliphatic hydroxyl groups is 1. The molecule has 0 unspecified atom stereocenters. The van der Waals surface area contributed by atoms with Crippen molar-refractivity contribution in [3.05, 3.63) is 29.8 Å². The lowest BCUT2D eigenvalue weighted by Crippen LogP contribution is -2.02. The molecule has 0 radical (unpaired) electrons. The Kier molecular flexibility index (Phi) is 5.25. The number of benzene rings is 1. The molecule has 0 spiro atoms. The lowest BCUT2D eigenvalue weighted by atomic mass is 9.98. The molecule has 98 valence electrons. The minimum atomic E-state index is -0.389. The van der Waals surface area contributed by atoms with Crippen LogP contribution in [0.15, 0.2) is 24.3 Å². The third-order valence-electron chi connectivity index (χ3n) is 2.43. The van der Waals surface area contributed by atoms with Gasteiger partial charge >= 0.3 is 0 Å². The zero-order valence-electron chi connectivity index (χ0n) is 11.7. The molecule has 2 nitrogen and oxygen atoms in total. The van der Waals surface area contributed by atoms with Gasteiger partial charge in [-0.25, -0.2) is 0 Å². The second kappa shape index (κ2) is 6.47. The lowest BCUT2D eigenvalue weighted by Gasteiger charge is -2.09. The highest BCUT2D eigenvalue weighted by atomic mass is 16.5. The molecule has 1 rings (SSSR count). The molecule has 1 N–H and O–H groups in total. The predicted molar refractivity (Wildman–Crippen MR) is 74.4 cm³/mol. The van der Waals surface area contributed by atoms with Crippen LogP contribution in [0.2, 0.25) is 0 Å². The van der Waals surface area contributed by atoms with E-state index in [4.69, 9.17) is 4.74 Å². The minimum absolute atomic E-state index is 0.0124. The van der Waals surface area contributed by atoms with Crippen LogP contribution in [0.5, 0.6) is 5.75 Å². The highest BCUT2D eigenvalue weighted by molar-refractivity contribution is 5.28. The number of ether oxygens (including phenoxy) is 1. The van der Waals surface area contributed by atoms with Crippen molar-refractivity contribution < 1.29 is 9.84 Å². The summed E-state index contributed by atoms with van der Waals surface area (Å²) in [4.78, 5) is 0. The average molecular weight is 246 g/mol. The zero-order valence-corrected chi connectivity index (χ0v) is 11.7. The summed E-state index contributed by atoms with van der Waals surface area (Å²) in [6, 6.07) is 7.52. The first-order chi connectivity index (χ1) is 8.42. The second-order valence-electron chi connectivity index (χ2n) is 5.33. The summed E-state index contributed by atoms with van der Waals surface area (Å²) in [6.07, 6.45) is 0.330. The number of rotatable bonds is 4. The fraction of sp³-hybridized carbons (Fsp3) is 0.500. The van der Waals surface area contributed by atoms with E-state index in [1.165, 1.54) is 0 Å². The van der Waals surface area contributed by atoms with Crippen LogP contribution in [0.3, 0.4) is 0 Å². The summed E-state index contributed by atoms with van der Waals surface area (Å²) in [5.74, 6) is 6.90. The molecule has 0 aliphatic heterocycles. The standard InChI is InChI=1S/C16H22O2/c1-5-15(17)13-7-9-14(10-8-13)18-12-6-11-16(2,3)4/h7-10,15,17H,5,12H2,1-4H3/t15-/m1/s1. The Balaban J connectivity index is 2.51. The molecule has 0 saturated heterocycles. The summed E-state index contributed by atoms with van der Waals surface area (Å²) in [7, 11) is 0. The molecule has 0 heterocycles. The van der Waals surface area contributed by atoms with Crippen LogP contribution in [0.4, 0.5) is 0 Å². The van der Waals surface area contributed by atoms with Crippen molar-refractivity contribution >= 4 is 0 Å². The Morgan fingerprint density at radius 3 is 2.33 bits per heavy atom. The van der Waals surface area contributed by atoms with Crippen LogP contribution in [-0.4, -0.2) is 11.7 Å². The van der Waals surface area contributed by atoms with E-state index in [9.17, 15) is 5.11 Å². The molecule has 18 heavy (non-hydrogen) atoms. The van der Waals surface area contributed by atoms with Gasteiger partial charge in [-0.1, -0.05) is 30.9 Å². The molecule has 0 saturated carbocycles. The van der Waals surface area contributed by atoms with Crippen LogP contribution in [0.1, 0.15) is 45.8 Å². The molecule has 1 aromatic rings. The van der Waals surface area contributed by atoms with Crippen molar-refractivity contribution in [1.29, 1.82) is 0 Å². The van der Waals surface area contributed by atoms with Crippen LogP contribution in [0, 0.1) is 17.3 Å². The fourth-order valence-electron chi connectivity index (χ4n) is 1.44. The Bertz CT molecular complexity index is 415. The van der Waals surface area contributed by atoms with Crippen LogP contribution in [-0.2, 0) is 0 Å². The van der Waals surface area contributed by atoms with Gasteiger partial charge in [-0.15, -0.1) is 0 Å². The molecule has 0 aliphatic carbocycles. The van der Waals surface area contributed by atoms with Gasteiger partial charge in [0, 0.05) is 5.41 Å². The maximum atomic E-state index is 9.66. The first-order valence-electron chi connectivity index (χ1n) is 6.33. The first kappa shape index (κ1) is 14.6. The van der Waals surface area contributed by atoms with Crippen LogP contribution >= 0.6 is 0 Å². The molecule has 0 aromatic heterocycles. The van der Waals surface area contributed by atoms with E-state index in [-0.39, 0.29) is 11.5 Å². The van der Waals surface area contributed by atoms with E-state index in [0.717, 1.165) is 17.7 Å². The Morgan fingerprint density at radius 1 is 1.22 bits per heavy atom. The van der Waals surface area contributed by atoms with Crippen molar-refractivity contribution in [2.24, 2.45) is 5.41 Å². The molecular weight excluding hydrogens is 224 g/mol. The predicted octanol–water partition coefficient (Wildman–Crippen LogP) is 3.56. The highest BCUT2D eigenvalue weighted by Gasteiger charge is 2.04. The first-order valence-corrected chi connectivity index (χ1v) is 6.33. The lowest BCUT2D eigenvalue weighted by molar-refractivity contribution is 0.173. The highest BCUT2D eigenvalue weighted by Crippen LogP contribution is 2.19. The molecule has 1 aromatic carbocycles. The summed E-state index contributed by atoms with van der Waals surface area (Å²) in [5, 5.41) is 9.66. The van der Waals surface area contributed by atoms with Crippen molar-refractivity contribution in [2.45, 2.75) is 40.2 Å². The number of hydrogen-bond donors (Lipinski definition) is 1. The molecular formula is C16H22O2. The van der Waals surface area contributed by atoms with E-state index in [1.54, 1.807) is 0 Å². The van der Waals surface area contributed by atoms with Gasteiger partial charge in [0.25, 0.3) is 0 Å². The molecule has 0 aliphatic rings. The molecule has 2 heteroatoms. The second-order valence-corrected chi connectivity index (χ2v) is 5.33. The normalized spacial score (nSPS) is 12.5. The maximum absolute atomic E-state index is 9.66. The summed E-state index contributed by atoms with van der Waals surface area (Å²) < 4.78 is 5.51. The summed E-state index contributed by atoms with van der Waals surface area (Å²) >= 11 is 0. The van der Waals surface area contributed by atoms with Crippen LogP contribution in [0.25, 0.3) is 0 Å². The Hall–Kier alpha value is -1.46. The van der Waals surface area contributed by atoms with Gasteiger partial charge in [0.1, 0.15) is 12.4 Å². The third-order valence-corrected chi connectivity index (χ3v) is 2.43. The third kappa shape index (κ3) is 5.25. The van der Waals surface area contributed by atoms with Gasteiger partial charge in [-0.05, 0) is 44.9 Å². The minimum Gasteiger partial charge on any atom is -0.481 e. The van der Waals surface area contributed by atoms with Gasteiger partial charge in [0.2, 0.25) is 0 Å². The Labute approximate surface area is 110 Å². The monoisotopic (exact) mass is 246 g/mol. The van der Waals surface area contributed by atoms with Gasteiger partial charge < -0.3 is 9.84 Å². The SMILES string of the molecule is CC[C@@H](O)c1ccc(OCC#CC(C)(C)C)cc1. The Morgan fingerprint density at radius 2 is 1.83 bits per heavy atom. The van der Waals surface area contributed by atoms with Gasteiger partial charge in [-0.3, -0.25) is 0 Å². The van der Waals surface area contributed by atoms with E-state index in [0.29, 0.717) is 6.61 Å². The summed E-state index contributed by atoms with van der Waals surface area (Å²) in [6.45, 7) is 8.56. The number of hydrogen-bond acceptors (Lipinski definition) is 2. The topological polar surface area (TPSA) is 29.5 Å². The van der Waals surface area contributed by atoms with Gasteiger partial charge in [-0.2, -0.15) is 0 Å². The van der Waals surface area contributed by atoms with E-state index < -0.39 is 0 Å². The van der Waals surface area contributed by atoms with Crippen molar-refractivity contribution in [2.75, 3.05) is 6.61 Å². The average Bonchev–Trinajstić information content (AvgIpc) is 2.33. The molecule has 1 atom stereocenters.